The second kappa shape index (κ2) is 4.57. The monoisotopic (exact) mass is 248 g/mol. The quantitative estimate of drug-likeness (QED) is 0.611. The summed E-state index contributed by atoms with van der Waals surface area (Å²) in [4.78, 5) is 25.5. The van der Waals surface area contributed by atoms with Crippen molar-refractivity contribution in [3.63, 3.8) is 0 Å². The van der Waals surface area contributed by atoms with Crippen molar-refractivity contribution in [3.8, 4) is 17.3 Å². The number of nitro groups is 1. The van der Waals surface area contributed by atoms with Gasteiger partial charge in [0.1, 0.15) is 6.20 Å². The molecule has 0 amide bonds. The number of methoxy groups -OCH3 is 1. The predicted molar refractivity (Wildman–Crippen MR) is 60.7 cm³/mol. The van der Waals surface area contributed by atoms with Gasteiger partial charge in [-0.25, -0.2) is 19.9 Å². The molecule has 0 bridgehead atoms. The van der Waals surface area contributed by atoms with Crippen LogP contribution in [0.5, 0.6) is 5.88 Å². The standard InChI is InChI=1S/C9H8N6O3/c1-18-8-7(11-2-3-12-8)6-5(15(16)17)4-13-9(10)14-6/h2-4H,1H3,(H2,10,13,14). The average molecular weight is 248 g/mol. The molecule has 0 spiro atoms. The molecule has 2 aromatic rings. The van der Waals surface area contributed by atoms with Gasteiger partial charge in [-0.15, -0.1) is 0 Å². The highest BCUT2D eigenvalue weighted by atomic mass is 16.6. The summed E-state index contributed by atoms with van der Waals surface area (Å²) >= 11 is 0. The highest BCUT2D eigenvalue weighted by Crippen LogP contribution is 2.30. The molecule has 2 rings (SSSR count). The fraction of sp³-hybridized carbons (Fsp3) is 0.111. The normalized spacial score (nSPS) is 10.1. The lowest BCUT2D eigenvalue weighted by molar-refractivity contribution is -0.384. The zero-order valence-electron chi connectivity index (χ0n) is 9.27. The van der Waals surface area contributed by atoms with E-state index < -0.39 is 4.92 Å². The molecule has 2 aromatic heterocycles. The number of rotatable bonds is 3. The molecule has 9 nitrogen and oxygen atoms in total. The maximum absolute atomic E-state index is 10.9. The Balaban J connectivity index is 2.69. The molecule has 18 heavy (non-hydrogen) atoms. The number of nitrogens with zero attached hydrogens (tertiary/aromatic N) is 5. The van der Waals surface area contributed by atoms with Crippen molar-refractivity contribution in [2.75, 3.05) is 12.8 Å². The van der Waals surface area contributed by atoms with Crippen LogP contribution in [-0.2, 0) is 0 Å². The molecule has 0 unspecified atom stereocenters. The van der Waals surface area contributed by atoms with Crippen LogP contribution in [0.2, 0.25) is 0 Å². The lowest BCUT2D eigenvalue weighted by Crippen LogP contribution is -2.03. The summed E-state index contributed by atoms with van der Waals surface area (Å²) in [6.45, 7) is 0. The van der Waals surface area contributed by atoms with Crippen molar-refractivity contribution >= 4 is 11.6 Å². The van der Waals surface area contributed by atoms with Crippen molar-refractivity contribution in [3.05, 3.63) is 28.7 Å². The minimum atomic E-state index is -0.622. The molecule has 0 atom stereocenters. The van der Waals surface area contributed by atoms with Crippen molar-refractivity contribution in [2.45, 2.75) is 0 Å². The van der Waals surface area contributed by atoms with Crippen molar-refractivity contribution < 1.29 is 9.66 Å². The Labute approximate surface area is 101 Å². The third kappa shape index (κ3) is 2.00. The van der Waals surface area contributed by atoms with Crippen LogP contribution in [0.1, 0.15) is 0 Å². The Morgan fingerprint density at radius 1 is 1.28 bits per heavy atom. The van der Waals surface area contributed by atoms with Gasteiger partial charge in [0.15, 0.2) is 11.4 Å². The first kappa shape index (κ1) is 11.6. The highest BCUT2D eigenvalue weighted by Gasteiger charge is 2.23. The van der Waals surface area contributed by atoms with E-state index in [1.54, 1.807) is 0 Å². The molecule has 0 aliphatic rings. The van der Waals surface area contributed by atoms with E-state index in [9.17, 15) is 10.1 Å². The predicted octanol–water partition coefficient (Wildman–Crippen LogP) is 0.433. The summed E-state index contributed by atoms with van der Waals surface area (Å²) in [6.07, 6.45) is 3.80. The Morgan fingerprint density at radius 3 is 2.67 bits per heavy atom. The molecule has 2 heterocycles. The molecular formula is C9H8N6O3. The summed E-state index contributed by atoms with van der Waals surface area (Å²) < 4.78 is 4.98. The van der Waals surface area contributed by atoms with Gasteiger partial charge < -0.3 is 10.5 Å². The molecule has 2 N–H and O–H groups in total. The smallest absolute Gasteiger partial charge is 0.315 e. The Morgan fingerprint density at radius 2 is 2.00 bits per heavy atom. The molecule has 0 aromatic carbocycles. The molecule has 0 saturated heterocycles. The number of nitrogen functional groups attached to an aromatic ring is 1. The summed E-state index contributed by atoms with van der Waals surface area (Å²) in [5.74, 6) is 0.0296. The Kier molecular flexibility index (Phi) is 2.96. The molecule has 0 saturated carbocycles. The van der Waals surface area contributed by atoms with E-state index in [2.05, 4.69) is 19.9 Å². The van der Waals surface area contributed by atoms with Crippen LogP contribution in [0.15, 0.2) is 18.6 Å². The van der Waals surface area contributed by atoms with Gasteiger partial charge in [-0.05, 0) is 0 Å². The van der Waals surface area contributed by atoms with Gasteiger partial charge in [0, 0.05) is 12.4 Å². The van der Waals surface area contributed by atoms with E-state index >= 15 is 0 Å². The van der Waals surface area contributed by atoms with Crippen LogP contribution in [0, 0.1) is 10.1 Å². The maximum Gasteiger partial charge on any atom is 0.315 e. The fourth-order valence-electron chi connectivity index (χ4n) is 1.33. The van der Waals surface area contributed by atoms with Gasteiger partial charge in [0.05, 0.1) is 12.0 Å². The number of hydrogen-bond acceptors (Lipinski definition) is 8. The average Bonchev–Trinajstić information content (AvgIpc) is 2.38. The Hall–Kier alpha value is -2.84. The lowest BCUT2D eigenvalue weighted by atomic mass is 10.2. The topological polar surface area (TPSA) is 130 Å². The number of hydrogen-bond donors (Lipinski definition) is 1. The maximum atomic E-state index is 10.9. The first-order valence-electron chi connectivity index (χ1n) is 4.75. The molecule has 9 heteroatoms. The van der Waals surface area contributed by atoms with Crippen LogP contribution in [-0.4, -0.2) is 32.0 Å². The molecule has 0 aliphatic heterocycles. The molecule has 0 aliphatic carbocycles. The minimum absolute atomic E-state index is 0.0301. The van der Waals surface area contributed by atoms with Gasteiger partial charge in [-0.3, -0.25) is 10.1 Å². The highest BCUT2D eigenvalue weighted by molar-refractivity contribution is 5.70. The first-order valence-corrected chi connectivity index (χ1v) is 4.75. The zero-order chi connectivity index (χ0) is 13.1. The summed E-state index contributed by atoms with van der Waals surface area (Å²) in [5.41, 5.74) is 5.22. The van der Waals surface area contributed by atoms with Gasteiger partial charge in [0.2, 0.25) is 11.8 Å². The SMILES string of the molecule is COc1nccnc1-c1nc(N)ncc1[N+](=O)[O-]. The second-order valence-corrected chi connectivity index (χ2v) is 3.13. The van der Waals surface area contributed by atoms with Crippen LogP contribution in [0.4, 0.5) is 11.6 Å². The van der Waals surface area contributed by atoms with Crippen LogP contribution in [0.25, 0.3) is 11.4 Å². The van der Waals surface area contributed by atoms with Gasteiger partial charge in [0.25, 0.3) is 0 Å². The largest absolute Gasteiger partial charge is 0.479 e. The summed E-state index contributed by atoms with van der Waals surface area (Å²) in [7, 11) is 1.38. The van der Waals surface area contributed by atoms with E-state index in [1.807, 2.05) is 0 Å². The van der Waals surface area contributed by atoms with E-state index in [0.29, 0.717) is 0 Å². The van der Waals surface area contributed by atoms with Crippen LogP contribution < -0.4 is 10.5 Å². The van der Waals surface area contributed by atoms with Crippen molar-refractivity contribution in [2.24, 2.45) is 0 Å². The van der Waals surface area contributed by atoms with Crippen LogP contribution in [0.3, 0.4) is 0 Å². The third-order valence-corrected chi connectivity index (χ3v) is 2.07. The first-order chi connectivity index (χ1) is 8.63. The summed E-state index contributed by atoms with van der Waals surface area (Å²) in [5, 5.41) is 10.9. The number of ether oxygens (including phenoxy) is 1. The van der Waals surface area contributed by atoms with E-state index in [0.717, 1.165) is 6.20 Å². The van der Waals surface area contributed by atoms with E-state index in [1.165, 1.54) is 19.5 Å². The third-order valence-electron chi connectivity index (χ3n) is 2.07. The summed E-state index contributed by atoms with van der Waals surface area (Å²) in [6, 6.07) is 0. The number of anilines is 1. The van der Waals surface area contributed by atoms with Gasteiger partial charge in [-0.2, -0.15) is 0 Å². The van der Waals surface area contributed by atoms with Gasteiger partial charge >= 0.3 is 5.69 Å². The molecular weight excluding hydrogens is 240 g/mol. The van der Waals surface area contributed by atoms with Gasteiger partial charge in [-0.1, -0.05) is 0 Å². The lowest BCUT2D eigenvalue weighted by Gasteiger charge is -2.05. The van der Waals surface area contributed by atoms with E-state index in [4.69, 9.17) is 10.5 Å². The Bertz CT molecular complexity index is 603. The fourth-order valence-corrected chi connectivity index (χ4v) is 1.33. The van der Waals surface area contributed by atoms with Crippen LogP contribution >= 0.6 is 0 Å². The molecule has 92 valence electrons. The van der Waals surface area contributed by atoms with E-state index in [-0.39, 0.29) is 28.9 Å². The molecule has 0 radical (unpaired) electrons. The van der Waals surface area contributed by atoms with Crippen molar-refractivity contribution in [1.29, 1.82) is 0 Å². The number of aromatic nitrogens is 4. The van der Waals surface area contributed by atoms with Crippen molar-refractivity contribution in [1.82, 2.24) is 19.9 Å². The number of nitrogens with two attached hydrogens (primary N) is 1. The molecule has 0 fully saturated rings. The second-order valence-electron chi connectivity index (χ2n) is 3.13. The minimum Gasteiger partial charge on any atom is -0.479 e. The zero-order valence-corrected chi connectivity index (χ0v) is 9.27.